The Labute approximate surface area is 56.0 Å². The van der Waals surface area contributed by atoms with Gasteiger partial charge in [-0.05, 0) is 19.3 Å². The van der Waals surface area contributed by atoms with Gasteiger partial charge in [0.05, 0.1) is 12.0 Å². The molecular weight excluding hydrogens is 110 g/mol. The molecule has 48 valence electrons. The Bertz CT molecular complexity index is 173. The van der Waals surface area contributed by atoms with E-state index >= 15 is 0 Å². The van der Waals surface area contributed by atoms with Crippen LogP contribution in [0.4, 0.5) is 0 Å². The molecule has 0 aromatic rings. The third-order valence-electron chi connectivity index (χ3n) is 2.18. The van der Waals surface area contributed by atoms with Crippen molar-refractivity contribution in [1.82, 2.24) is 0 Å². The standard InChI is InChI=1S/C8H11N/c1-3-7-4-8(5-9)6(7)2/h3,6,8H,4H2,1-2H3/b7-3-/t6-,8+/m1/s1. The van der Waals surface area contributed by atoms with Crippen LogP contribution in [0.5, 0.6) is 0 Å². The van der Waals surface area contributed by atoms with Crippen LogP contribution in [-0.4, -0.2) is 0 Å². The first kappa shape index (κ1) is 6.35. The Balaban J connectivity index is 2.54. The Morgan fingerprint density at radius 1 is 1.78 bits per heavy atom. The van der Waals surface area contributed by atoms with Crippen molar-refractivity contribution >= 4 is 0 Å². The van der Waals surface area contributed by atoms with Crippen LogP contribution in [0.2, 0.25) is 0 Å². The summed E-state index contributed by atoms with van der Waals surface area (Å²) in [5.74, 6) is 0.830. The Kier molecular flexibility index (Phi) is 1.57. The van der Waals surface area contributed by atoms with Gasteiger partial charge in [-0.1, -0.05) is 18.6 Å². The number of nitrogens with zero attached hydrogens (tertiary/aromatic N) is 1. The van der Waals surface area contributed by atoms with E-state index in [0.29, 0.717) is 11.8 Å². The van der Waals surface area contributed by atoms with Crippen molar-refractivity contribution < 1.29 is 0 Å². The summed E-state index contributed by atoms with van der Waals surface area (Å²) in [4.78, 5) is 0. The normalized spacial score (nSPS) is 37.7. The van der Waals surface area contributed by atoms with E-state index in [1.54, 1.807) is 0 Å². The van der Waals surface area contributed by atoms with E-state index in [4.69, 9.17) is 5.26 Å². The van der Waals surface area contributed by atoms with Gasteiger partial charge in [-0.15, -0.1) is 0 Å². The molecule has 0 N–H and O–H groups in total. The average Bonchev–Trinajstić information content (AvgIpc) is 1.87. The van der Waals surface area contributed by atoms with Crippen LogP contribution in [0.1, 0.15) is 20.3 Å². The quantitative estimate of drug-likeness (QED) is 0.450. The average molecular weight is 121 g/mol. The first-order chi connectivity index (χ1) is 4.29. The van der Waals surface area contributed by atoms with Gasteiger partial charge in [0, 0.05) is 0 Å². The second kappa shape index (κ2) is 2.23. The Morgan fingerprint density at radius 3 is 2.78 bits per heavy atom. The summed E-state index contributed by atoms with van der Waals surface area (Å²) in [6.07, 6.45) is 3.13. The molecule has 1 aliphatic rings. The molecule has 0 aromatic carbocycles. The fraction of sp³-hybridized carbons (Fsp3) is 0.625. The number of allylic oxidation sites excluding steroid dienone is 2. The van der Waals surface area contributed by atoms with Crippen LogP contribution in [0.25, 0.3) is 0 Å². The zero-order chi connectivity index (χ0) is 6.85. The number of hydrogen-bond donors (Lipinski definition) is 0. The van der Waals surface area contributed by atoms with Crippen LogP contribution in [-0.2, 0) is 0 Å². The van der Waals surface area contributed by atoms with Crippen LogP contribution in [0.15, 0.2) is 11.6 Å². The summed E-state index contributed by atoms with van der Waals surface area (Å²) in [5, 5.41) is 8.49. The maximum Gasteiger partial charge on any atom is 0.0665 e. The van der Waals surface area contributed by atoms with Crippen molar-refractivity contribution in [2.45, 2.75) is 20.3 Å². The van der Waals surface area contributed by atoms with Crippen molar-refractivity contribution in [2.75, 3.05) is 0 Å². The lowest BCUT2D eigenvalue weighted by atomic mass is 9.71. The highest BCUT2D eigenvalue weighted by Gasteiger charge is 2.30. The second-order valence-corrected chi connectivity index (χ2v) is 2.59. The van der Waals surface area contributed by atoms with Gasteiger partial charge < -0.3 is 0 Å². The lowest BCUT2D eigenvalue weighted by molar-refractivity contribution is 0.376. The topological polar surface area (TPSA) is 23.8 Å². The third-order valence-corrected chi connectivity index (χ3v) is 2.18. The molecule has 0 saturated heterocycles. The molecule has 1 fully saturated rings. The highest BCUT2D eigenvalue weighted by Crippen LogP contribution is 2.38. The molecule has 0 radical (unpaired) electrons. The minimum absolute atomic E-state index is 0.302. The van der Waals surface area contributed by atoms with E-state index in [9.17, 15) is 0 Å². The van der Waals surface area contributed by atoms with Gasteiger partial charge >= 0.3 is 0 Å². The summed E-state index contributed by atoms with van der Waals surface area (Å²) in [7, 11) is 0. The monoisotopic (exact) mass is 121 g/mol. The van der Waals surface area contributed by atoms with Crippen LogP contribution >= 0.6 is 0 Å². The van der Waals surface area contributed by atoms with Crippen LogP contribution in [0, 0.1) is 23.2 Å². The largest absolute Gasteiger partial charge is 0.198 e. The van der Waals surface area contributed by atoms with E-state index in [2.05, 4.69) is 19.1 Å². The van der Waals surface area contributed by atoms with Crippen molar-refractivity contribution in [2.24, 2.45) is 11.8 Å². The summed E-state index contributed by atoms with van der Waals surface area (Å²) in [6.45, 7) is 4.16. The first-order valence-corrected chi connectivity index (χ1v) is 3.34. The Morgan fingerprint density at radius 2 is 2.44 bits per heavy atom. The third kappa shape index (κ3) is 0.853. The molecule has 0 spiro atoms. The molecule has 0 unspecified atom stereocenters. The molecule has 1 rings (SSSR count). The first-order valence-electron chi connectivity index (χ1n) is 3.34. The minimum Gasteiger partial charge on any atom is -0.198 e. The predicted molar refractivity (Wildman–Crippen MR) is 36.6 cm³/mol. The van der Waals surface area contributed by atoms with E-state index in [-0.39, 0.29) is 0 Å². The number of hydrogen-bond acceptors (Lipinski definition) is 1. The molecule has 0 aromatic heterocycles. The number of rotatable bonds is 0. The molecule has 2 atom stereocenters. The minimum atomic E-state index is 0.302. The summed E-state index contributed by atoms with van der Waals surface area (Å²) in [5.41, 5.74) is 1.45. The molecular formula is C8H11N. The van der Waals surface area contributed by atoms with Gasteiger partial charge in [-0.3, -0.25) is 0 Å². The SMILES string of the molecule is C/C=C1/C[C@@H](C#N)[C@@H]1C. The molecule has 1 aliphatic carbocycles. The molecule has 0 aliphatic heterocycles. The molecule has 0 bridgehead atoms. The second-order valence-electron chi connectivity index (χ2n) is 2.59. The van der Waals surface area contributed by atoms with Crippen molar-refractivity contribution in [3.63, 3.8) is 0 Å². The summed E-state index contributed by atoms with van der Waals surface area (Å²) in [6, 6.07) is 2.27. The van der Waals surface area contributed by atoms with Gasteiger partial charge in [0.15, 0.2) is 0 Å². The van der Waals surface area contributed by atoms with Crippen LogP contribution < -0.4 is 0 Å². The summed E-state index contributed by atoms with van der Waals surface area (Å²) < 4.78 is 0. The van der Waals surface area contributed by atoms with E-state index in [0.717, 1.165) is 6.42 Å². The maximum absolute atomic E-state index is 8.49. The molecule has 0 heterocycles. The summed E-state index contributed by atoms with van der Waals surface area (Å²) >= 11 is 0. The molecule has 1 heteroatoms. The molecule has 9 heavy (non-hydrogen) atoms. The highest BCUT2D eigenvalue weighted by atomic mass is 14.4. The number of nitriles is 1. The zero-order valence-corrected chi connectivity index (χ0v) is 5.89. The van der Waals surface area contributed by atoms with E-state index in [1.807, 2.05) is 6.92 Å². The van der Waals surface area contributed by atoms with Gasteiger partial charge in [-0.25, -0.2) is 0 Å². The lowest BCUT2D eigenvalue weighted by Crippen LogP contribution is -2.24. The van der Waals surface area contributed by atoms with Crippen molar-refractivity contribution in [1.29, 1.82) is 5.26 Å². The molecule has 0 amide bonds. The highest BCUT2D eigenvalue weighted by molar-refractivity contribution is 5.21. The Hall–Kier alpha value is -0.770. The zero-order valence-electron chi connectivity index (χ0n) is 5.89. The maximum atomic E-state index is 8.49. The molecule has 1 nitrogen and oxygen atoms in total. The lowest BCUT2D eigenvalue weighted by Gasteiger charge is -2.31. The fourth-order valence-electron chi connectivity index (χ4n) is 1.25. The van der Waals surface area contributed by atoms with Crippen molar-refractivity contribution in [3.8, 4) is 6.07 Å². The van der Waals surface area contributed by atoms with Gasteiger partial charge in [-0.2, -0.15) is 5.26 Å². The van der Waals surface area contributed by atoms with Gasteiger partial charge in [0.25, 0.3) is 0 Å². The van der Waals surface area contributed by atoms with Gasteiger partial charge in [0.1, 0.15) is 0 Å². The predicted octanol–water partition coefficient (Wildman–Crippen LogP) is 2.11. The molecule has 1 saturated carbocycles. The van der Waals surface area contributed by atoms with Crippen LogP contribution in [0.3, 0.4) is 0 Å². The van der Waals surface area contributed by atoms with Gasteiger partial charge in [0.2, 0.25) is 0 Å². The van der Waals surface area contributed by atoms with E-state index in [1.165, 1.54) is 5.57 Å². The van der Waals surface area contributed by atoms with E-state index < -0.39 is 0 Å². The smallest absolute Gasteiger partial charge is 0.0665 e. The van der Waals surface area contributed by atoms with Crippen molar-refractivity contribution in [3.05, 3.63) is 11.6 Å². The fourth-order valence-corrected chi connectivity index (χ4v) is 1.25.